The molecule has 3 nitrogen and oxygen atoms in total. The molecule has 3 heteroatoms. The molecule has 0 aliphatic heterocycles. The molecule has 1 aromatic heterocycles. The van der Waals surface area contributed by atoms with Crippen LogP contribution in [0.1, 0.15) is 63.7 Å². The van der Waals surface area contributed by atoms with Crippen LogP contribution in [0.5, 0.6) is 0 Å². The normalized spacial score (nSPS) is 15.2. The second kappa shape index (κ2) is 8.48. The monoisotopic (exact) mass is 278 g/mol. The summed E-state index contributed by atoms with van der Waals surface area (Å²) in [5.41, 5.74) is 1.37. The third kappa shape index (κ3) is 5.29. The quantitative estimate of drug-likeness (QED) is 0.664. The van der Waals surface area contributed by atoms with Crippen LogP contribution in [0, 0.1) is 0 Å². The lowest BCUT2D eigenvalue weighted by Gasteiger charge is -2.21. The fourth-order valence-corrected chi connectivity index (χ4v) is 2.46. The van der Waals surface area contributed by atoms with Crippen LogP contribution in [-0.2, 0) is 13.1 Å². The van der Waals surface area contributed by atoms with Gasteiger partial charge in [0.25, 0.3) is 0 Å². The van der Waals surface area contributed by atoms with Crippen molar-refractivity contribution in [3.05, 3.63) is 23.7 Å². The van der Waals surface area contributed by atoms with Crippen molar-refractivity contribution in [1.82, 2.24) is 10.2 Å². The second-order valence-electron chi connectivity index (χ2n) is 6.01. The summed E-state index contributed by atoms with van der Waals surface area (Å²) >= 11 is 0. The fourth-order valence-electron chi connectivity index (χ4n) is 2.46. The molecule has 1 saturated carbocycles. The van der Waals surface area contributed by atoms with E-state index in [1.807, 2.05) is 6.26 Å². The van der Waals surface area contributed by atoms with E-state index < -0.39 is 0 Å². The van der Waals surface area contributed by atoms with Crippen LogP contribution < -0.4 is 5.32 Å². The number of rotatable bonds is 11. The van der Waals surface area contributed by atoms with Gasteiger partial charge in [-0.15, -0.1) is 0 Å². The van der Waals surface area contributed by atoms with Crippen LogP contribution in [0.25, 0.3) is 0 Å². The molecule has 0 radical (unpaired) electrons. The molecule has 0 bridgehead atoms. The van der Waals surface area contributed by atoms with E-state index >= 15 is 0 Å². The Morgan fingerprint density at radius 1 is 1.20 bits per heavy atom. The predicted molar refractivity (Wildman–Crippen MR) is 83.7 cm³/mol. The Morgan fingerprint density at radius 3 is 2.50 bits per heavy atom. The van der Waals surface area contributed by atoms with Gasteiger partial charge in [-0.3, -0.25) is 4.90 Å². The first kappa shape index (κ1) is 15.6. The Balaban J connectivity index is 1.84. The summed E-state index contributed by atoms with van der Waals surface area (Å²) in [4.78, 5) is 2.58. The van der Waals surface area contributed by atoms with Gasteiger partial charge in [0.2, 0.25) is 0 Å². The molecule has 20 heavy (non-hydrogen) atoms. The summed E-state index contributed by atoms with van der Waals surface area (Å²) in [5.74, 6) is 1.13. The van der Waals surface area contributed by atoms with E-state index in [9.17, 15) is 0 Å². The molecular weight excluding hydrogens is 248 g/mol. The Labute approximate surface area is 123 Å². The van der Waals surface area contributed by atoms with Gasteiger partial charge in [-0.1, -0.05) is 26.7 Å². The first-order valence-corrected chi connectivity index (χ1v) is 8.34. The minimum atomic E-state index is 0.740. The van der Waals surface area contributed by atoms with Crippen LogP contribution in [0.15, 0.2) is 16.7 Å². The molecule has 1 aliphatic carbocycles. The fraction of sp³-hybridized carbons (Fsp3) is 0.765. The van der Waals surface area contributed by atoms with Crippen molar-refractivity contribution >= 4 is 0 Å². The minimum absolute atomic E-state index is 0.740. The van der Waals surface area contributed by atoms with Crippen molar-refractivity contribution in [1.29, 1.82) is 0 Å². The molecule has 1 heterocycles. The van der Waals surface area contributed by atoms with Crippen molar-refractivity contribution in [2.45, 2.75) is 71.5 Å². The lowest BCUT2D eigenvalue weighted by Crippen LogP contribution is -2.26. The summed E-state index contributed by atoms with van der Waals surface area (Å²) in [6.45, 7) is 8.87. The first-order valence-electron chi connectivity index (χ1n) is 8.34. The molecule has 1 fully saturated rings. The summed E-state index contributed by atoms with van der Waals surface area (Å²) in [5, 5.41) is 3.55. The van der Waals surface area contributed by atoms with Gasteiger partial charge in [-0.05, 0) is 44.8 Å². The Bertz CT molecular complexity index is 363. The number of unbranched alkanes of at least 4 members (excludes halogenated alkanes) is 2. The van der Waals surface area contributed by atoms with Gasteiger partial charge in [0, 0.05) is 18.2 Å². The van der Waals surface area contributed by atoms with Gasteiger partial charge >= 0.3 is 0 Å². The summed E-state index contributed by atoms with van der Waals surface area (Å²) in [6, 6.07) is 2.89. The van der Waals surface area contributed by atoms with Crippen LogP contribution in [0.2, 0.25) is 0 Å². The van der Waals surface area contributed by atoms with E-state index in [4.69, 9.17) is 4.42 Å². The second-order valence-corrected chi connectivity index (χ2v) is 6.01. The maximum atomic E-state index is 5.66. The Morgan fingerprint density at radius 2 is 1.90 bits per heavy atom. The van der Waals surface area contributed by atoms with Gasteiger partial charge in [-0.2, -0.15) is 0 Å². The Kier molecular flexibility index (Phi) is 6.61. The Hall–Kier alpha value is -0.800. The van der Waals surface area contributed by atoms with Crippen LogP contribution in [0.4, 0.5) is 0 Å². The molecule has 0 amide bonds. The number of hydrogen-bond donors (Lipinski definition) is 1. The molecule has 0 saturated heterocycles. The maximum absolute atomic E-state index is 5.66. The molecule has 0 aromatic carbocycles. The number of nitrogens with zero attached hydrogens (tertiary/aromatic N) is 1. The average molecular weight is 278 g/mol. The highest BCUT2D eigenvalue weighted by Gasteiger charge is 2.21. The third-order valence-electron chi connectivity index (χ3n) is 4.02. The molecule has 0 atom stereocenters. The topological polar surface area (TPSA) is 28.4 Å². The van der Waals surface area contributed by atoms with Gasteiger partial charge in [0.1, 0.15) is 5.76 Å². The first-order chi connectivity index (χ1) is 9.83. The van der Waals surface area contributed by atoms with Gasteiger partial charge in [0.15, 0.2) is 0 Å². The van der Waals surface area contributed by atoms with Gasteiger partial charge < -0.3 is 9.73 Å². The summed E-state index contributed by atoms with van der Waals surface area (Å²) in [6.07, 6.45) is 9.62. The highest BCUT2D eigenvalue weighted by molar-refractivity contribution is 5.17. The highest BCUT2D eigenvalue weighted by atomic mass is 16.3. The predicted octanol–water partition coefficient (Wildman–Crippen LogP) is 3.93. The summed E-state index contributed by atoms with van der Waals surface area (Å²) in [7, 11) is 0. The van der Waals surface area contributed by atoms with Gasteiger partial charge in [0.05, 0.1) is 12.8 Å². The van der Waals surface area contributed by atoms with E-state index in [-0.39, 0.29) is 0 Å². The molecule has 114 valence electrons. The lowest BCUT2D eigenvalue weighted by atomic mass is 10.2. The third-order valence-corrected chi connectivity index (χ3v) is 4.02. The zero-order valence-electron chi connectivity index (χ0n) is 13.2. The highest BCUT2D eigenvalue weighted by Crippen LogP contribution is 2.21. The van der Waals surface area contributed by atoms with Crippen LogP contribution in [-0.4, -0.2) is 24.0 Å². The zero-order chi connectivity index (χ0) is 14.2. The summed E-state index contributed by atoms with van der Waals surface area (Å²) < 4.78 is 5.66. The van der Waals surface area contributed by atoms with Crippen LogP contribution >= 0.6 is 0 Å². The SMILES string of the molecule is CCCCN(CCCC)Cc1ccoc1CNC1CC1. The van der Waals surface area contributed by atoms with E-state index in [2.05, 4.69) is 30.1 Å². The maximum Gasteiger partial charge on any atom is 0.122 e. The van der Waals surface area contributed by atoms with Crippen molar-refractivity contribution in [2.75, 3.05) is 13.1 Å². The molecule has 1 aromatic rings. The largest absolute Gasteiger partial charge is 0.468 e. The van der Waals surface area contributed by atoms with Crippen molar-refractivity contribution < 1.29 is 4.42 Å². The van der Waals surface area contributed by atoms with Crippen molar-refractivity contribution in [2.24, 2.45) is 0 Å². The molecule has 0 spiro atoms. The molecule has 1 N–H and O–H groups in total. The molecule has 2 rings (SSSR count). The van der Waals surface area contributed by atoms with Crippen molar-refractivity contribution in [3.63, 3.8) is 0 Å². The van der Waals surface area contributed by atoms with E-state index in [0.717, 1.165) is 24.9 Å². The van der Waals surface area contributed by atoms with Gasteiger partial charge in [-0.25, -0.2) is 0 Å². The van der Waals surface area contributed by atoms with Crippen molar-refractivity contribution in [3.8, 4) is 0 Å². The minimum Gasteiger partial charge on any atom is -0.468 e. The number of furan rings is 1. The van der Waals surface area contributed by atoms with E-state index in [1.165, 1.54) is 57.2 Å². The molecule has 0 unspecified atom stereocenters. The lowest BCUT2D eigenvalue weighted by molar-refractivity contribution is 0.254. The molecular formula is C17H30N2O. The standard InChI is InChI=1S/C17H30N2O/c1-3-5-10-19(11-6-4-2)14-15-9-12-20-17(15)13-18-16-7-8-16/h9,12,16,18H,3-8,10-11,13-14H2,1-2H3. The number of nitrogens with one attached hydrogen (secondary N) is 1. The van der Waals surface area contributed by atoms with E-state index in [1.54, 1.807) is 0 Å². The van der Waals surface area contributed by atoms with Crippen LogP contribution in [0.3, 0.4) is 0 Å². The molecule has 1 aliphatic rings. The van der Waals surface area contributed by atoms with E-state index in [0.29, 0.717) is 0 Å². The zero-order valence-corrected chi connectivity index (χ0v) is 13.2. The smallest absolute Gasteiger partial charge is 0.122 e. The number of hydrogen-bond acceptors (Lipinski definition) is 3. The average Bonchev–Trinajstić information content (AvgIpc) is 3.19.